The van der Waals surface area contributed by atoms with Crippen LogP contribution < -0.4 is 4.74 Å². The van der Waals surface area contributed by atoms with Crippen LogP contribution in [0.1, 0.15) is 22.3 Å². The molecule has 1 N–H and O–H groups in total. The van der Waals surface area contributed by atoms with Crippen LogP contribution in [0.3, 0.4) is 0 Å². The molecule has 2 aromatic rings. The Hall–Kier alpha value is -2.33. The van der Waals surface area contributed by atoms with Gasteiger partial charge in [-0.15, -0.1) is 0 Å². The molecule has 122 valence electrons. The van der Waals surface area contributed by atoms with E-state index in [4.69, 9.17) is 4.74 Å². The number of ether oxygens (including phenoxy) is 1. The lowest BCUT2D eigenvalue weighted by Crippen LogP contribution is -2.28. The number of aliphatic hydroxyl groups is 1. The summed E-state index contributed by atoms with van der Waals surface area (Å²) in [5.74, 6) is 0.679. The first kappa shape index (κ1) is 17.0. The Labute approximate surface area is 137 Å². The van der Waals surface area contributed by atoms with Crippen molar-refractivity contribution < 1.29 is 14.6 Å². The number of para-hydroxylation sites is 1. The number of hydrogen-bond acceptors (Lipinski definition) is 3. The van der Waals surface area contributed by atoms with Gasteiger partial charge in [0.2, 0.25) is 0 Å². The van der Waals surface area contributed by atoms with Crippen LogP contribution in [-0.2, 0) is 0 Å². The Morgan fingerprint density at radius 1 is 1.13 bits per heavy atom. The quantitative estimate of drug-likeness (QED) is 0.386. The zero-order valence-electron chi connectivity index (χ0n) is 13.8. The molecule has 0 saturated carbocycles. The van der Waals surface area contributed by atoms with Crippen LogP contribution in [0.5, 0.6) is 5.75 Å². The standard InChI is InChI=1S/C19H23NO3/c1-14-9-15(2)19(16(3)10-14)12-20(22)11-17(21)13-23-18-7-5-4-6-8-18/h4-10,12,17,21H,11,13H2,1-3H3/b20-12-. The number of rotatable bonds is 6. The highest BCUT2D eigenvalue weighted by atomic mass is 16.5. The van der Waals surface area contributed by atoms with Crippen molar-refractivity contribution in [2.24, 2.45) is 0 Å². The molecule has 0 fully saturated rings. The third-order valence-electron chi connectivity index (χ3n) is 3.59. The molecule has 0 aliphatic heterocycles. The summed E-state index contributed by atoms with van der Waals surface area (Å²) < 4.78 is 6.22. The molecule has 4 nitrogen and oxygen atoms in total. The molecule has 0 spiro atoms. The van der Waals surface area contributed by atoms with Gasteiger partial charge in [0.15, 0.2) is 12.8 Å². The first-order valence-electron chi connectivity index (χ1n) is 7.68. The molecule has 0 aliphatic rings. The lowest BCUT2D eigenvalue weighted by Gasteiger charge is -2.13. The summed E-state index contributed by atoms with van der Waals surface area (Å²) in [6.07, 6.45) is 0.686. The molecule has 1 unspecified atom stereocenters. The monoisotopic (exact) mass is 313 g/mol. The molecule has 0 aromatic heterocycles. The van der Waals surface area contributed by atoms with Gasteiger partial charge < -0.3 is 15.1 Å². The van der Waals surface area contributed by atoms with Crippen molar-refractivity contribution in [3.05, 3.63) is 69.9 Å². The van der Waals surface area contributed by atoms with E-state index < -0.39 is 6.10 Å². The fourth-order valence-corrected chi connectivity index (χ4v) is 2.56. The smallest absolute Gasteiger partial charge is 0.182 e. The zero-order chi connectivity index (χ0) is 16.8. The summed E-state index contributed by atoms with van der Waals surface area (Å²) in [4.78, 5) is 0. The van der Waals surface area contributed by atoms with Crippen molar-refractivity contribution in [1.29, 1.82) is 0 Å². The van der Waals surface area contributed by atoms with Gasteiger partial charge in [-0.3, -0.25) is 0 Å². The maximum Gasteiger partial charge on any atom is 0.182 e. The largest absolute Gasteiger partial charge is 0.624 e. The SMILES string of the molecule is Cc1cc(C)c(/C=[N+](\[O-])CC(O)COc2ccccc2)c(C)c1. The first-order valence-corrected chi connectivity index (χ1v) is 7.68. The molecule has 0 heterocycles. The van der Waals surface area contributed by atoms with Gasteiger partial charge in [-0.25, -0.2) is 4.74 Å². The summed E-state index contributed by atoms with van der Waals surface area (Å²) in [7, 11) is 0. The molecular formula is C19H23NO3. The van der Waals surface area contributed by atoms with E-state index in [-0.39, 0.29) is 13.2 Å². The Bertz CT molecular complexity index is 657. The highest BCUT2D eigenvalue weighted by Crippen LogP contribution is 2.14. The molecule has 2 rings (SSSR count). The average molecular weight is 313 g/mol. The van der Waals surface area contributed by atoms with Crippen molar-refractivity contribution >= 4 is 6.21 Å². The van der Waals surface area contributed by atoms with Crippen LogP contribution in [0, 0.1) is 26.0 Å². The normalized spacial score (nSPS) is 13.0. The summed E-state index contributed by atoms with van der Waals surface area (Å²) in [6.45, 7) is 6.05. The van der Waals surface area contributed by atoms with E-state index in [1.165, 1.54) is 11.8 Å². The van der Waals surface area contributed by atoms with E-state index in [0.29, 0.717) is 5.75 Å². The lowest BCUT2D eigenvalue weighted by atomic mass is 10.0. The first-order chi connectivity index (χ1) is 11.0. The summed E-state index contributed by atoms with van der Waals surface area (Å²) in [5.41, 5.74) is 4.18. The number of aliphatic hydroxyl groups excluding tert-OH is 1. The van der Waals surface area contributed by atoms with Gasteiger partial charge in [0, 0.05) is 5.56 Å². The summed E-state index contributed by atoms with van der Waals surface area (Å²) in [6, 6.07) is 13.3. The molecule has 23 heavy (non-hydrogen) atoms. The molecular weight excluding hydrogens is 290 g/mol. The maximum atomic E-state index is 12.1. The lowest BCUT2D eigenvalue weighted by molar-refractivity contribution is -0.464. The molecule has 0 bridgehead atoms. The molecule has 4 heteroatoms. The van der Waals surface area contributed by atoms with Gasteiger partial charge in [-0.1, -0.05) is 35.9 Å². The van der Waals surface area contributed by atoms with E-state index in [1.807, 2.05) is 63.2 Å². The van der Waals surface area contributed by atoms with Crippen LogP contribution in [0.15, 0.2) is 42.5 Å². The Kier molecular flexibility index (Phi) is 5.77. The second kappa shape index (κ2) is 7.79. The predicted octanol–water partition coefficient (Wildman–Crippen LogP) is 2.98. The van der Waals surface area contributed by atoms with E-state index >= 15 is 0 Å². The Balaban J connectivity index is 1.97. The van der Waals surface area contributed by atoms with Crippen molar-refractivity contribution in [3.8, 4) is 5.75 Å². The van der Waals surface area contributed by atoms with Crippen LogP contribution in [0.2, 0.25) is 0 Å². The molecule has 0 aliphatic carbocycles. The van der Waals surface area contributed by atoms with Gasteiger partial charge in [0.25, 0.3) is 0 Å². The second-order valence-electron chi connectivity index (χ2n) is 5.82. The fraction of sp³-hybridized carbons (Fsp3) is 0.316. The van der Waals surface area contributed by atoms with Crippen molar-refractivity contribution in [2.75, 3.05) is 13.2 Å². The number of aryl methyl sites for hydroxylation is 3. The molecule has 0 amide bonds. The zero-order valence-corrected chi connectivity index (χ0v) is 13.8. The topological polar surface area (TPSA) is 55.5 Å². The Morgan fingerprint density at radius 2 is 1.74 bits per heavy atom. The summed E-state index contributed by atoms with van der Waals surface area (Å²) in [5, 5.41) is 22.0. The highest BCUT2D eigenvalue weighted by Gasteiger charge is 2.12. The van der Waals surface area contributed by atoms with Crippen LogP contribution in [0.4, 0.5) is 0 Å². The van der Waals surface area contributed by atoms with Crippen molar-refractivity contribution in [1.82, 2.24) is 0 Å². The van der Waals surface area contributed by atoms with E-state index in [1.54, 1.807) is 0 Å². The second-order valence-corrected chi connectivity index (χ2v) is 5.82. The van der Waals surface area contributed by atoms with E-state index in [2.05, 4.69) is 0 Å². The minimum Gasteiger partial charge on any atom is -0.624 e. The summed E-state index contributed by atoms with van der Waals surface area (Å²) >= 11 is 0. The van der Waals surface area contributed by atoms with Crippen molar-refractivity contribution in [2.45, 2.75) is 26.9 Å². The van der Waals surface area contributed by atoms with Gasteiger partial charge in [0.05, 0.1) is 0 Å². The highest BCUT2D eigenvalue weighted by molar-refractivity contribution is 5.80. The van der Waals surface area contributed by atoms with Gasteiger partial charge in [-0.2, -0.15) is 0 Å². The molecule has 0 radical (unpaired) electrons. The van der Waals surface area contributed by atoms with E-state index in [9.17, 15) is 10.3 Å². The fourth-order valence-electron chi connectivity index (χ4n) is 2.56. The third-order valence-corrected chi connectivity index (χ3v) is 3.59. The van der Waals surface area contributed by atoms with Crippen LogP contribution in [-0.4, -0.2) is 35.3 Å². The number of nitrogens with zero attached hydrogens (tertiary/aromatic N) is 1. The minimum atomic E-state index is -0.852. The van der Waals surface area contributed by atoms with Crippen LogP contribution in [0.25, 0.3) is 0 Å². The Morgan fingerprint density at radius 3 is 2.35 bits per heavy atom. The van der Waals surface area contributed by atoms with Gasteiger partial charge in [-0.05, 0) is 44.0 Å². The molecule has 0 saturated heterocycles. The van der Waals surface area contributed by atoms with Crippen LogP contribution >= 0.6 is 0 Å². The van der Waals surface area contributed by atoms with Crippen molar-refractivity contribution in [3.63, 3.8) is 0 Å². The van der Waals surface area contributed by atoms with E-state index in [0.717, 1.165) is 21.4 Å². The van der Waals surface area contributed by atoms with Gasteiger partial charge in [0.1, 0.15) is 18.5 Å². The maximum absolute atomic E-state index is 12.1. The number of hydrogen-bond donors (Lipinski definition) is 1. The third kappa shape index (κ3) is 5.11. The molecule has 2 aromatic carbocycles. The average Bonchev–Trinajstić information content (AvgIpc) is 2.50. The number of benzene rings is 2. The van der Waals surface area contributed by atoms with Gasteiger partial charge >= 0.3 is 0 Å². The molecule has 1 atom stereocenters. The predicted molar refractivity (Wildman–Crippen MR) is 92.3 cm³/mol. The number of hydroxylamine groups is 1. The minimum absolute atomic E-state index is 0.0282.